The number of hydrogen-bond acceptors (Lipinski definition) is 2. The maximum Gasteiger partial charge on any atom is 0.333 e. The molecule has 0 aromatic heterocycles. The first-order valence-electron chi connectivity index (χ1n) is 7.12. The molecular weight excluding hydrogens is 212 g/mol. The van der Waals surface area contributed by atoms with Gasteiger partial charge in [-0.2, -0.15) is 0 Å². The predicted octanol–water partition coefficient (Wildman–Crippen LogP) is 4.64. The van der Waals surface area contributed by atoms with Crippen molar-refractivity contribution in [2.75, 3.05) is 6.61 Å². The van der Waals surface area contributed by atoms with Gasteiger partial charge in [0.2, 0.25) is 0 Å². The predicted molar refractivity (Wildman–Crippen MR) is 73.0 cm³/mol. The summed E-state index contributed by atoms with van der Waals surface area (Å²) in [5.74, 6) is -0.100. The number of unbranched alkanes of at least 4 members (excludes halogenated alkanes) is 4. The normalized spacial score (nSPS) is 11.6. The van der Waals surface area contributed by atoms with Crippen LogP contribution in [0, 0.1) is 0 Å². The van der Waals surface area contributed by atoms with Crippen molar-refractivity contribution in [3.05, 3.63) is 11.6 Å². The van der Waals surface area contributed by atoms with E-state index in [0.717, 1.165) is 44.1 Å². The second-order valence-electron chi connectivity index (χ2n) is 4.46. The fourth-order valence-corrected chi connectivity index (χ4v) is 1.66. The van der Waals surface area contributed by atoms with Crippen LogP contribution in [-0.2, 0) is 9.53 Å². The van der Waals surface area contributed by atoms with E-state index in [2.05, 4.69) is 20.8 Å². The highest BCUT2D eigenvalue weighted by molar-refractivity contribution is 5.88. The summed E-state index contributed by atoms with van der Waals surface area (Å²) in [4.78, 5) is 11.8. The summed E-state index contributed by atoms with van der Waals surface area (Å²) in [7, 11) is 0. The molecule has 0 fully saturated rings. The number of carbonyl (C=O) groups excluding carboxylic acids is 1. The summed E-state index contributed by atoms with van der Waals surface area (Å²) in [5.41, 5.74) is 0.866. The van der Waals surface area contributed by atoms with Crippen LogP contribution in [0.3, 0.4) is 0 Å². The van der Waals surface area contributed by atoms with Crippen molar-refractivity contribution in [2.45, 2.75) is 72.1 Å². The third-order valence-corrected chi connectivity index (χ3v) is 2.69. The van der Waals surface area contributed by atoms with Gasteiger partial charge < -0.3 is 4.74 Å². The van der Waals surface area contributed by atoms with Gasteiger partial charge >= 0.3 is 5.97 Å². The van der Waals surface area contributed by atoms with Gasteiger partial charge in [0.25, 0.3) is 0 Å². The first-order valence-corrected chi connectivity index (χ1v) is 7.12. The Kier molecular flexibility index (Phi) is 11.1. The zero-order valence-electron chi connectivity index (χ0n) is 11.8. The van der Waals surface area contributed by atoms with Gasteiger partial charge in [0.15, 0.2) is 0 Å². The Hall–Kier alpha value is -0.790. The van der Waals surface area contributed by atoms with Gasteiger partial charge in [0.05, 0.1) is 6.61 Å². The minimum Gasteiger partial charge on any atom is -0.462 e. The molecule has 2 heteroatoms. The average Bonchev–Trinajstić information content (AvgIpc) is 2.34. The van der Waals surface area contributed by atoms with Crippen molar-refractivity contribution in [1.29, 1.82) is 0 Å². The lowest BCUT2D eigenvalue weighted by Gasteiger charge is -2.07. The first-order chi connectivity index (χ1) is 8.26. The summed E-state index contributed by atoms with van der Waals surface area (Å²) in [5, 5.41) is 0. The number of carbonyl (C=O) groups is 1. The Morgan fingerprint density at radius 3 is 2.35 bits per heavy atom. The topological polar surface area (TPSA) is 26.3 Å². The van der Waals surface area contributed by atoms with Crippen LogP contribution in [0.25, 0.3) is 0 Å². The van der Waals surface area contributed by atoms with E-state index in [1.165, 1.54) is 12.8 Å². The van der Waals surface area contributed by atoms with Gasteiger partial charge in [-0.1, -0.05) is 59.0 Å². The molecule has 0 saturated carbocycles. The second kappa shape index (κ2) is 11.7. The van der Waals surface area contributed by atoms with Crippen molar-refractivity contribution >= 4 is 5.97 Å². The van der Waals surface area contributed by atoms with Crippen molar-refractivity contribution in [1.82, 2.24) is 0 Å². The molecule has 2 nitrogen and oxygen atoms in total. The summed E-state index contributed by atoms with van der Waals surface area (Å²) in [6.07, 6.45) is 10.5. The van der Waals surface area contributed by atoms with Crippen LogP contribution in [0.2, 0.25) is 0 Å². The van der Waals surface area contributed by atoms with Gasteiger partial charge in [-0.25, -0.2) is 4.79 Å². The molecule has 0 aromatic rings. The minimum atomic E-state index is -0.100. The fourth-order valence-electron chi connectivity index (χ4n) is 1.66. The summed E-state index contributed by atoms with van der Waals surface area (Å²) in [6.45, 7) is 6.97. The lowest BCUT2D eigenvalue weighted by Crippen LogP contribution is -2.09. The summed E-state index contributed by atoms with van der Waals surface area (Å²) in [6, 6.07) is 0. The van der Waals surface area contributed by atoms with Crippen LogP contribution in [0.4, 0.5) is 0 Å². The lowest BCUT2D eigenvalue weighted by atomic mass is 10.1. The van der Waals surface area contributed by atoms with Crippen molar-refractivity contribution in [2.24, 2.45) is 0 Å². The molecule has 0 rings (SSSR count). The van der Waals surface area contributed by atoms with Gasteiger partial charge in [0, 0.05) is 5.57 Å². The monoisotopic (exact) mass is 240 g/mol. The van der Waals surface area contributed by atoms with Gasteiger partial charge in [-0.15, -0.1) is 0 Å². The maximum absolute atomic E-state index is 11.8. The summed E-state index contributed by atoms with van der Waals surface area (Å²) < 4.78 is 5.29. The molecule has 0 bridgehead atoms. The minimum absolute atomic E-state index is 0.100. The number of hydrogen-bond donors (Lipinski definition) is 0. The fraction of sp³-hybridized carbons (Fsp3) is 0.800. The zero-order valence-corrected chi connectivity index (χ0v) is 11.8. The Morgan fingerprint density at radius 1 is 1.00 bits per heavy atom. The SMILES string of the molecule is CCCC=C(CCC)C(=O)OCCCCCC. The quantitative estimate of drug-likeness (QED) is 0.316. The molecule has 0 aliphatic carbocycles. The van der Waals surface area contributed by atoms with E-state index < -0.39 is 0 Å². The van der Waals surface area contributed by atoms with Crippen molar-refractivity contribution < 1.29 is 9.53 Å². The number of esters is 1. The molecular formula is C15H28O2. The summed E-state index contributed by atoms with van der Waals surface area (Å²) >= 11 is 0. The van der Waals surface area contributed by atoms with E-state index in [9.17, 15) is 4.79 Å². The smallest absolute Gasteiger partial charge is 0.333 e. The number of rotatable bonds is 10. The van der Waals surface area contributed by atoms with Gasteiger partial charge in [-0.05, 0) is 19.3 Å². The Labute approximate surface area is 106 Å². The Morgan fingerprint density at radius 2 is 1.76 bits per heavy atom. The molecule has 0 aliphatic rings. The maximum atomic E-state index is 11.8. The van der Waals surface area contributed by atoms with Crippen LogP contribution in [0.1, 0.15) is 72.1 Å². The molecule has 0 aromatic carbocycles. The van der Waals surface area contributed by atoms with Crippen LogP contribution >= 0.6 is 0 Å². The van der Waals surface area contributed by atoms with Crippen LogP contribution in [0.15, 0.2) is 11.6 Å². The molecule has 0 N–H and O–H groups in total. The van der Waals surface area contributed by atoms with E-state index in [1.807, 2.05) is 6.08 Å². The largest absolute Gasteiger partial charge is 0.462 e. The van der Waals surface area contributed by atoms with Gasteiger partial charge in [-0.3, -0.25) is 0 Å². The third-order valence-electron chi connectivity index (χ3n) is 2.69. The highest BCUT2D eigenvalue weighted by Gasteiger charge is 2.09. The zero-order chi connectivity index (χ0) is 12.9. The van der Waals surface area contributed by atoms with Crippen molar-refractivity contribution in [3.8, 4) is 0 Å². The average molecular weight is 240 g/mol. The molecule has 0 amide bonds. The molecule has 0 atom stereocenters. The van der Waals surface area contributed by atoms with Gasteiger partial charge in [0.1, 0.15) is 0 Å². The van der Waals surface area contributed by atoms with Crippen LogP contribution < -0.4 is 0 Å². The molecule has 0 unspecified atom stereocenters. The third kappa shape index (κ3) is 8.96. The molecule has 0 spiro atoms. The molecule has 0 aliphatic heterocycles. The highest BCUT2D eigenvalue weighted by atomic mass is 16.5. The highest BCUT2D eigenvalue weighted by Crippen LogP contribution is 2.10. The molecule has 0 heterocycles. The molecule has 100 valence electrons. The number of allylic oxidation sites excluding steroid dienone is 1. The standard InChI is InChI=1S/C15H28O2/c1-4-7-9-10-13-17-15(16)14(11-6-3)12-8-5-2/h12H,4-11,13H2,1-3H3. The number of ether oxygens (including phenoxy) is 1. The molecule has 0 saturated heterocycles. The first kappa shape index (κ1) is 16.2. The second-order valence-corrected chi connectivity index (χ2v) is 4.46. The van der Waals surface area contributed by atoms with Crippen molar-refractivity contribution in [3.63, 3.8) is 0 Å². The van der Waals surface area contributed by atoms with E-state index in [4.69, 9.17) is 4.74 Å². The lowest BCUT2D eigenvalue weighted by molar-refractivity contribution is -0.139. The Bertz CT molecular complexity index is 219. The molecule has 17 heavy (non-hydrogen) atoms. The van der Waals surface area contributed by atoms with E-state index in [1.54, 1.807) is 0 Å². The van der Waals surface area contributed by atoms with E-state index in [-0.39, 0.29) is 5.97 Å². The molecule has 0 radical (unpaired) electrons. The van der Waals surface area contributed by atoms with E-state index in [0.29, 0.717) is 6.61 Å². The van der Waals surface area contributed by atoms with Crippen LogP contribution in [-0.4, -0.2) is 12.6 Å². The van der Waals surface area contributed by atoms with E-state index >= 15 is 0 Å². The Balaban J connectivity index is 3.89. The van der Waals surface area contributed by atoms with Crippen LogP contribution in [0.5, 0.6) is 0 Å².